The van der Waals surface area contributed by atoms with Crippen LogP contribution >= 0.6 is 0 Å². The van der Waals surface area contributed by atoms with Crippen molar-refractivity contribution in [2.45, 2.75) is 24.7 Å². The van der Waals surface area contributed by atoms with Gasteiger partial charge in [-0.05, 0) is 29.8 Å². The van der Waals surface area contributed by atoms with Crippen molar-refractivity contribution in [1.29, 1.82) is 0 Å². The molecule has 0 atom stereocenters. The van der Waals surface area contributed by atoms with E-state index in [0.717, 1.165) is 29.3 Å². The molecule has 7 heteroatoms. The predicted molar refractivity (Wildman–Crippen MR) is 91.4 cm³/mol. The minimum absolute atomic E-state index is 0.0777. The lowest BCUT2D eigenvalue weighted by atomic mass is 10.1. The first kappa shape index (κ1) is 16.4. The van der Waals surface area contributed by atoms with Gasteiger partial charge in [-0.2, -0.15) is 5.10 Å². The molecule has 0 radical (unpaired) electrons. The largest absolute Gasteiger partial charge is 0.238 e. The highest BCUT2D eigenvalue weighted by atomic mass is 32.2. The third-order valence-electron chi connectivity index (χ3n) is 3.65. The standard InChI is InChI=1S/C17H18N4O2S/c1-2-17-19-16(12-13-6-4-3-5-7-13)20-21(17)14-8-10-15(11-9-14)24(18,22)23/h3-11H,2,12H2,1H3,(H2,18,22,23). The van der Waals surface area contributed by atoms with Crippen molar-refractivity contribution >= 4 is 10.0 Å². The van der Waals surface area contributed by atoms with Gasteiger partial charge in [0.2, 0.25) is 10.0 Å². The van der Waals surface area contributed by atoms with E-state index in [-0.39, 0.29) is 4.90 Å². The van der Waals surface area contributed by atoms with E-state index in [0.29, 0.717) is 6.42 Å². The van der Waals surface area contributed by atoms with Crippen molar-refractivity contribution < 1.29 is 8.42 Å². The molecule has 0 aliphatic carbocycles. The summed E-state index contributed by atoms with van der Waals surface area (Å²) in [6.45, 7) is 2.01. The Balaban J connectivity index is 1.93. The lowest BCUT2D eigenvalue weighted by Crippen LogP contribution is -2.12. The second-order valence-corrected chi connectivity index (χ2v) is 6.97. The first-order valence-corrected chi connectivity index (χ1v) is 9.14. The maximum atomic E-state index is 11.4. The van der Waals surface area contributed by atoms with Gasteiger partial charge in [0.15, 0.2) is 5.82 Å². The molecule has 124 valence electrons. The Labute approximate surface area is 141 Å². The minimum atomic E-state index is -3.70. The Morgan fingerprint density at radius 1 is 1.04 bits per heavy atom. The molecular weight excluding hydrogens is 324 g/mol. The molecule has 0 aliphatic heterocycles. The summed E-state index contributed by atoms with van der Waals surface area (Å²) in [5.41, 5.74) is 1.90. The number of hydrogen-bond acceptors (Lipinski definition) is 4. The van der Waals surface area contributed by atoms with Crippen LogP contribution in [0.5, 0.6) is 0 Å². The number of aryl methyl sites for hydroxylation is 1. The van der Waals surface area contributed by atoms with Gasteiger partial charge < -0.3 is 0 Å². The second-order valence-electron chi connectivity index (χ2n) is 5.41. The van der Waals surface area contributed by atoms with Gasteiger partial charge in [0.05, 0.1) is 10.6 Å². The van der Waals surface area contributed by atoms with Crippen LogP contribution in [0.3, 0.4) is 0 Å². The van der Waals surface area contributed by atoms with Crippen molar-refractivity contribution in [3.05, 3.63) is 71.8 Å². The number of nitrogens with zero attached hydrogens (tertiary/aromatic N) is 3. The van der Waals surface area contributed by atoms with Crippen molar-refractivity contribution in [2.75, 3.05) is 0 Å². The molecule has 2 N–H and O–H groups in total. The number of nitrogens with two attached hydrogens (primary N) is 1. The molecule has 2 aromatic carbocycles. The zero-order valence-electron chi connectivity index (χ0n) is 13.3. The molecule has 0 aliphatic rings. The Hall–Kier alpha value is -2.51. The van der Waals surface area contributed by atoms with Crippen molar-refractivity contribution in [3.63, 3.8) is 0 Å². The van der Waals surface area contributed by atoms with E-state index >= 15 is 0 Å². The first-order chi connectivity index (χ1) is 11.5. The number of aromatic nitrogens is 3. The summed E-state index contributed by atoms with van der Waals surface area (Å²) < 4.78 is 24.4. The van der Waals surface area contributed by atoms with Crippen LogP contribution in [-0.2, 0) is 22.9 Å². The van der Waals surface area contributed by atoms with Gasteiger partial charge in [-0.3, -0.25) is 0 Å². The topological polar surface area (TPSA) is 90.9 Å². The van der Waals surface area contributed by atoms with Crippen LogP contribution in [0.4, 0.5) is 0 Å². The Kier molecular flexibility index (Phi) is 4.46. The van der Waals surface area contributed by atoms with Crippen LogP contribution in [0.2, 0.25) is 0 Å². The first-order valence-electron chi connectivity index (χ1n) is 7.59. The molecule has 6 nitrogen and oxygen atoms in total. The van der Waals surface area contributed by atoms with Gasteiger partial charge in [-0.15, -0.1) is 0 Å². The molecule has 1 heterocycles. The molecule has 0 amide bonds. The van der Waals surface area contributed by atoms with Gasteiger partial charge in [0.1, 0.15) is 5.82 Å². The van der Waals surface area contributed by atoms with Crippen LogP contribution in [0.15, 0.2) is 59.5 Å². The fourth-order valence-electron chi connectivity index (χ4n) is 2.46. The summed E-state index contributed by atoms with van der Waals surface area (Å²) in [6.07, 6.45) is 1.37. The van der Waals surface area contributed by atoms with E-state index in [9.17, 15) is 8.42 Å². The summed E-state index contributed by atoms with van der Waals surface area (Å²) in [7, 11) is -3.70. The quantitative estimate of drug-likeness (QED) is 0.768. The second kappa shape index (κ2) is 6.54. The third-order valence-corrected chi connectivity index (χ3v) is 4.58. The van der Waals surface area contributed by atoms with Gasteiger partial charge in [0.25, 0.3) is 0 Å². The highest BCUT2D eigenvalue weighted by Gasteiger charge is 2.12. The Bertz CT molecular complexity index is 932. The summed E-state index contributed by atoms with van der Waals surface area (Å²) in [5, 5.41) is 9.69. The minimum Gasteiger partial charge on any atom is -0.225 e. The maximum Gasteiger partial charge on any atom is 0.238 e. The van der Waals surface area contributed by atoms with Gasteiger partial charge in [-0.1, -0.05) is 37.3 Å². The third kappa shape index (κ3) is 3.52. The monoisotopic (exact) mass is 342 g/mol. The lowest BCUT2D eigenvalue weighted by molar-refractivity contribution is 0.597. The molecule has 3 rings (SSSR count). The van der Waals surface area contributed by atoms with Crippen molar-refractivity contribution in [1.82, 2.24) is 14.8 Å². The van der Waals surface area contributed by atoms with Gasteiger partial charge in [-0.25, -0.2) is 23.2 Å². The van der Waals surface area contributed by atoms with Crippen LogP contribution in [-0.4, -0.2) is 23.2 Å². The highest BCUT2D eigenvalue weighted by molar-refractivity contribution is 7.89. The van der Waals surface area contributed by atoms with E-state index in [1.807, 2.05) is 37.3 Å². The van der Waals surface area contributed by atoms with E-state index in [4.69, 9.17) is 5.14 Å². The van der Waals surface area contributed by atoms with E-state index in [1.54, 1.807) is 16.8 Å². The number of benzene rings is 2. The number of sulfonamides is 1. The molecule has 0 unspecified atom stereocenters. The lowest BCUT2D eigenvalue weighted by Gasteiger charge is -2.05. The molecule has 3 aromatic rings. The fourth-order valence-corrected chi connectivity index (χ4v) is 2.97. The van der Waals surface area contributed by atoms with Crippen molar-refractivity contribution in [2.24, 2.45) is 5.14 Å². The van der Waals surface area contributed by atoms with Crippen LogP contribution in [0.1, 0.15) is 24.1 Å². The summed E-state index contributed by atoms with van der Waals surface area (Å²) in [5.74, 6) is 1.55. The van der Waals surface area contributed by atoms with Crippen molar-refractivity contribution in [3.8, 4) is 5.69 Å². The van der Waals surface area contributed by atoms with Crippen LogP contribution in [0, 0.1) is 0 Å². The molecule has 0 spiro atoms. The van der Waals surface area contributed by atoms with Crippen LogP contribution in [0.25, 0.3) is 5.69 Å². The Morgan fingerprint density at radius 2 is 1.71 bits per heavy atom. The smallest absolute Gasteiger partial charge is 0.225 e. The molecule has 24 heavy (non-hydrogen) atoms. The zero-order chi connectivity index (χ0) is 17.2. The van der Waals surface area contributed by atoms with E-state index < -0.39 is 10.0 Å². The average Bonchev–Trinajstić information content (AvgIpc) is 2.98. The van der Waals surface area contributed by atoms with E-state index in [2.05, 4.69) is 10.1 Å². The Morgan fingerprint density at radius 3 is 2.29 bits per heavy atom. The maximum absolute atomic E-state index is 11.4. The van der Waals surface area contributed by atoms with Crippen LogP contribution < -0.4 is 5.14 Å². The summed E-state index contributed by atoms with van der Waals surface area (Å²) >= 11 is 0. The molecule has 0 saturated carbocycles. The number of hydrogen-bond donors (Lipinski definition) is 1. The van der Waals surface area contributed by atoms with Gasteiger partial charge >= 0.3 is 0 Å². The normalized spacial score (nSPS) is 11.6. The SMILES string of the molecule is CCc1nc(Cc2ccccc2)nn1-c1ccc(S(N)(=O)=O)cc1. The molecule has 1 aromatic heterocycles. The predicted octanol–water partition coefficient (Wildman–Crippen LogP) is 2.07. The fraction of sp³-hybridized carbons (Fsp3) is 0.176. The molecule has 0 bridgehead atoms. The van der Waals surface area contributed by atoms with Gasteiger partial charge in [0, 0.05) is 12.8 Å². The summed E-state index contributed by atoms with van der Waals surface area (Å²) in [4.78, 5) is 4.66. The molecule has 0 saturated heterocycles. The number of primary sulfonamides is 1. The average molecular weight is 342 g/mol. The highest BCUT2D eigenvalue weighted by Crippen LogP contribution is 2.15. The molecular formula is C17H18N4O2S. The summed E-state index contributed by atoms with van der Waals surface area (Å²) in [6, 6.07) is 16.3. The number of rotatable bonds is 5. The molecule has 0 fully saturated rings. The zero-order valence-corrected chi connectivity index (χ0v) is 14.1. The van der Waals surface area contributed by atoms with E-state index in [1.165, 1.54) is 12.1 Å².